The maximum absolute atomic E-state index is 5.82. The fourth-order valence-electron chi connectivity index (χ4n) is 1.89. The van der Waals surface area contributed by atoms with Gasteiger partial charge in [0.2, 0.25) is 0 Å². The van der Waals surface area contributed by atoms with Gasteiger partial charge in [-0.1, -0.05) is 6.07 Å². The molecule has 0 amide bonds. The Morgan fingerprint density at radius 2 is 2.38 bits per heavy atom. The normalized spacial score (nSPS) is 20.2. The van der Waals surface area contributed by atoms with E-state index in [1.165, 1.54) is 18.4 Å². The highest BCUT2D eigenvalue weighted by Gasteiger charge is 2.14. The number of nitrogens with two attached hydrogens (primary N) is 1. The highest BCUT2D eigenvalue weighted by molar-refractivity contribution is 9.10. The molecule has 0 saturated carbocycles. The molecule has 1 aromatic carbocycles. The largest absolute Gasteiger partial charge is 0.398 e. The minimum absolute atomic E-state index is 0.396. The van der Waals surface area contributed by atoms with Crippen LogP contribution in [0.1, 0.15) is 18.4 Å². The molecule has 1 saturated heterocycles. The number of anilines is 1. The van der Waals surface area contributed by atoms with Crippen molar-refractivity contribution in [3.8, 4) is 0 Å². The molecule has 4 heteroatoms. The molecule has 1 aliphatic heterocycles. The molecule has 0 spiro atoms. The lowest BCUT2D eigenvalue weighted by molar-refractivity contribution is 0.110. The van der Waals surface area contributed by atoms with E-state index in [0.29, 0.717) is 6.10 Å². The van der Waals surface area contributed by atoms with Crippen molar-refractivity contribution >= 4 is 21.6 Å². The van der Waals surface area contributed by atoms with Gasteiger partial charge in [0, 0.05) is 29.9 Å². The lowest BCUT2D eigenvalue weighted by atomic mass is 10.2. The van der Waals surface area contributed by atoms with Gasteiger partial charge in [0.25, 0.3) is 0 Å². The molecule has 1 fully saturated rings. The van der Waals surface area contributed by atoms with Crippen LogP contribution in [0.4, 0.5) is 5.69 Å². The second-order valence-electron chi connectivity index (χ2n) is 4.12. The summed E-state index contributed by atoms with van der Waals surface area (Å²) in [6, 6.07) is 6.05. The molecule has 0 bridgehead atoms. The van der Waals surface area contributed by atoms with Gasteiger partial charge in [-0.2, -0.15) is 0 Å². The van der Waals surface area contributed by atoms with Crippen molar-refractivity contribution < 1.29 is 4.74 Å². The quantitative estimate of drug-likeness (QED) is 0.834. The van der Waals surface area contributed by atoms with E-state index < -0.39 is 0 Å². The number of benzene rings is 1. The van der Waals surface area contributed by atoms with E-state index in [9.17, 15) is 0 Å². The number of nitrogens with one attached hydrogen (secondary N) is 1. The topological polar surface area (TPSA) is 47.3 Å². The van der Waals surface area contributed by atoms with Crippen LogP contribution in [0, 0.1) is 0 Å². The Morgan fingerprint density at radius 1 is 1.50 bits per heavy atom. The molecule has 1 atom stereocenters. The third-order valence-corrected chi connectivity index (χ3v) is 3.51. The zero-order valence-electron chi connectivity index (χ0n) is 9.21. The van der Waals surface area contributed by atoms with Crippen molar-refractivity contribution in [2.75, 3.05) is 18.9 Å². The minimum Gasteiger partial charge on any atom is -0.398 e. The summed E-state index contributed by atoms with van der Waals surface area (Å²) in [6.45, 7) is 2.69. The van der Waals surface area contributed by atoms with Gasteiger partial charge in [-0.15, -0.1) is 0 Å². The Kier molecular flexibility index (Phi) is 4.21. The van der Waals surface area contributed by atoms with Crippen molar-refractivity contribution in [1.29, 1.82) is 0 Å². The van der Waals surface area contributed by atoms with Gasteiger partial charge in [0.15, 0.2) is 0 Å². The number of rotatable bonds is 4. The molecular weight excluding hydrogens is 268 g/mol. The molecule has 1 aliphatic rings. The lowest BCUT2D eigenvalue weighted by Gasteiger charge is -2.11. The van der Waals surface area contributed by atoms with Crippen LogP contribution >= 0.6 is 15.9 Å². The third-order valence-electron chi connectivity index (χ3n) is 2.79. The Balaban J connectivity index is 1.78. The maximum Gasteiger partial charge on any atom is 0.0700 e. The van der Waals surface area contributed by atoms with Crippen LogP contribution in [0.15, 0.2) is 22.7 Å². The minimum atomic E-state index is 0.396. The highest BCUT2D eigenvalue weighted by atomic mass is 79.9. The van der Waals surface area contributed by atoms with Crippen molar-refractivity contribution in [3.05, 3.63) is 28.2 Å². The first-order valence-electron chi connectivity index (χ1n) is 5.62. The summed E-state index contributed by atoms with van der Waals surface area (Å²) in [7, 11) is 0. The van der Waals surface area contributed by atoms with E-state index in [1.807, 2.05) is 12.1 Å². The SMILES string of the molecule is Nc1cc(CNCC2CCCO2)ccc1Br. The number of ether oxygens (including phenoxy) is 1. The molecule has 2 rings (SSSR count). The first-order chi connectivity index (χ1) is 7.75. The highest BCUT2D eigenvalue weighted by Crippen LogP contribution is 2.20. The predicted octanol–water partition coefficient (Wildman–Crippen LogP) is 2.30. The zero-order valence-corrected chi connectivity index (χ0v) is 10.8. The zero-order chi connectivity index (χ0) is 11.4. The fourth-order valence-corrected chi connectivity index (χ4v) is 2.13. The summed E-state index contributed by atoms with van der Waals surface area (Å²) in [4.78, 5) is 0. The second kappa shape index (κ2) is 5.66. The van der Waals surface area contributed by atoms with E-state index in [-0.39, 0.29) is 0 Å². The molecule has 16 heavy (non-hydrogen) atoms. The van der Waals surface area contributed by atoms with Crippen molar-refractivity contribution in [2.45, 2.75) is 25.5 Å². The van der Waals surface area contributed by atoms with Crippen molar-refractivity contribution in [3.63, 3.8) is 0 Å². The van der Waals surface area contributed by atoms with Crippen LogP contribution < -0.4 is 11.1 Å². The van der Waals surface area contributed by atoms with Crippen molar-refractivity contribution in [1.82, 2.24) is 5.32 Å². The van der Waals surface area contributed by atoms with Crippen LogP contribution in [-0.2, 0) is 11.3 Å². The maximum atomic E-state index is 5.82. The summed E-state index contributed by atoms with van der Waals surface area (Å²) in [5.41, 5.74) is 7.81. The van der Waals surface area contributed by atoms with Crippen LogP contribution in [0.3, 0.4) is 0 Å². The summed E-state index contributed by atoms with van der Waals surface area (Å²) in [5, 5.41) is 3.39. The first kappa shape index (κ1) is 11.9. The number of halogens is 1. The summed E-state index contributed by atoms with van der Waals surface area (Å²) in [6.07, 6.45) is 2.76. The van der Waals surface area contributed by atoms with Crippen molar-refractivity contribution in [2.24, 2.45) is 0 Å². The Morgan fingerprint density at radius 3 is 3.06 bits per heavy atom. The van der Waals surface area contributed by atoms with Gasteiger partial charge in [-0.3, -0.25) is 0 Å². The Hall–Kier alpha value is -0.580. The first-order valence-corrected chi connectivity index (χ1v) is 6.41. The number of hydrogen-bond acceptors (Lipinski definition) is 3. The molecule has 88 valence electrons. The number of nitrogen functional groups attached to an aromatic ring is 1. The van der Waals surface area contributed by atoms with E-state index in [4.69, 9.17) is 10.5 Å². The molecule has 1 heterocycles. The van der Waals surface area contributed by atoms with Gasteiger partial charge in [-0.05, 0) is 46.5 Å². The van der Waals surface area contributed by atoms with Gasteiger partial charge in [0.05, 0.1) is 6.10 Å². The summed E-state index contributed by atoms with van der Waals surface area (Å²) >= 11 is 3.39. The second-order valence-corrected chi connectivity index (χ2v) is 4.98. The van der Waals surface area contributed by atoms with Gasteiger partial charge in [-0.25, -0.2) is 0 Å². The molecule has 0 aromatic heterocycles. The van der Waals surface area contributed by atoms with Gasteiger partial charge < -0.3 is 15.8 Å². The lowest BCUT2D eigenvalue weighted by Crippen LogP contribution is -2.25. The predicted molar refractivity (Wildman–Crippen MR) is 69.2 cm³/mol. The molecule has 0 aliphatic carbocycles. The van der Waals surface area contributed by atoms with E-state index in [0.717, 1.165) is 29.9 Å². The fraction of sp³-hybridized carbons (Fsp3) is 0.500. The van der Waals surface area contributed by atoms with E-state index in [1.54, 1.807) is 0 Å². The van der Waals surface area contributed by atoms with Crippen LogP contribution in [0.25, 0.3) is 0 Å². The molecule has 0 radical (unpaired) electrons. The molecule has 1 unspecified atom stereocenters. The summed E-state index contributed by atoms with van der Waals surface area (Å²) < 4.78 is 6.49. The third kappa shape index (κ3) is 3.20. The molecule has 1 aromatic rings. The molecular formula is C12H17BrN2O. The molecule has 3 nitrogen and oxygen atoms in total. The Bertz CT molecular complexity index is 351. The van der Waals surface area contributed by atoms with Crippen LogP contribution in [0.5, 0.6) is 0 Å². The molecule has 3 N–H and O–H groups in total. The van der Waals surface area contributed by atoms with Gasteiger partial charge >= 0.3 is 0 Å². The standard InChI is InChI=1S/C12H17BrN2O/c13-11-4-3-9(6-12(11)14)7-15-8-10-2-1-5-16-10/h3-4,6,10,15H,1-2,5,7-8,14H2. The van der Waals surface area contributed by atoms with E-state index in [2.05, 4.69) is 27.3 Å². The van der Waals surface area contributed by atoms with E-state index >= 15 is 0 Å². The average molecular weight is 285 g/mol. The Labute approximate surface area is 104 Å². The monoisotopic (exact) mass is 284 g/mol. The summed E-state index contributed by atoms with van der Waals surface area (Å²) in [5.74, 6) is 0. The van der Waals surface area contributed by atoms with Gasteiger partial charge in [0.1, 0.15) is 0 Å². The smallest absolute Gasteiger partial charge is 0.0700 e. The average Bonchev–Trinajstić information content (AvgIpc) is 2.76. The number of hydrogen-bond donors (Lipinski definition) is 2. The van der Waals surface area contributed by atoms with Crippen LogP contribution in [-0.4, -0.2) is 19.3 Å². The van der Waals surface area contributed by atoms with Crippen LogP contribution in [0.2, 0.25) is 0 Å².